The number of fused-ring (bicyclic) bond motifs is 3. The molecule has 0 saturated heterocycles. The SMILES string of the molecule is CCN(CC)CCN(C)S(=O)(=O)c1ccc2[nH]c(=O)c3[nH]cc(C(=O)O)c3c2c1. The summed E-state index contributed by atoms with van der Waals surface area (Å²) in [5.41, 5.74) is -0.0823. The maximum Gasteiger partial charge on any atom is 0.337 e. The van der Waals surface area contributed by atoms with Gasteiger partial charge in [-0.05, 0) is 31.3 Å². The molecule has 2 heterocycles. The molecule has 0 aliphatic carbocycles. The molecule has 29 heavy (non-hydrogen) atoms. The highest BCUT2D eigenvalue weighted by Gasteiger charge is 2.23. The fourth-order valence-corrected chi connectivity index (χ4v) is 4.55. The number of aromatic amines is 2. The van der Waals surface area contributed by atoms with Crippen molar-refractivity contribution in [3.63, 3.8) is 0 Å². The lowest BCUT2D eigenvalue weighted by atomic mass is 10.1. The van der Waals surface area contributed by atoms with E-state index in [1.165, 1.54) is 35.7 Å². The molecule has 0 unspecified atom stereocenters. The van der Waals surface area contributed by atoms with E-state index in [2.05, 4.69) is 14.9 Å². The maximum atomic E-state index is 13.0. The van der Waals surface area contributed by atoms with E-state index < -0.39 is 21.6 Å². The summed E-state index contributed by atoms with van der Waals surface area (Å²) in [5.74, 6) is -1.20. The van der Waals surface area contributed by atoms with E-state index >= 15 is 0 Å². The van der Waals surface area contributed by atoms with Crippen LogP contribution in [-0.4, -0.2) is 71.9 Å². The van der Waals surface area contributed by atoms with Crippen LogP contribution in [0.1, 0.15) is 24.2 Å². The molecular formula is C19H24N4O5S. The Kier molecular flexibility index (Phi) is 5.78. The number of aromatic carboxylic acids is 1. The fourth-order valence-electron chi connectivity index (χ4n) is 3.36. The van der Waals surface area contributed by atoms with Gasteiger partial charge >= 0.3 is 5.97 Å². The molecule has 0 spiro atoms. The summed E-state index contributed by atoms with van der Waals surface area (Å²) in [7, 11) is -2.26. The lowest BCUT2D eigenvalue weighted by molar-refractivity contribution is 0.0699. The Morgan fingerprint density at radius 2 is 1.86 bits per heavy atom. The summed E-state index contributed by atoms with van der Waals surface area (Å²) < 4.78 is 27.4. The van der Waals surface area contributed by atoms with Gasteiger partial charge in [-0.25, -0.2) is 13.2 Å². The lowest BCUT2D eigenvalue weighted by Gasteiger charge is -2.23. The molecule has 0 fully saturated rings. The minimum Gasteiger partial charge on any atom is -0.478 e. The second-order valence-electron chi connectivity index (χ2n) is 6.77. The van der Waals surface area contributed by atoms with Crippen LogP contribution in [0, 0.1) is 0 Å². The average Bonchev–Trinajstić information content (AvgIpc) is 3.14. The number of H-pyrrole nitrogens is 2. The van der Waals surface area contributed by atoms with Gasteiger partial charge in [-0.15, -0.1) is 0 Å². The number of hydrogen-bond donors (Lipinski definition) is 3. The molecule has 0 aliphatic heterocycles. The van der Waals surface area contributed by atoms with Crippen LogP contribution in [0.15, 0.2) is 34.1 Å². The summed E-state index contributed by atoms with van der Waals surface area (Å²) >= 11 is 0. The zero-order valence-electron chi connectivity index (χ0n) is 16.5. The van der Waals surface area contributed by atoms with E-state index in [9.17, 15) is 23.1 Å². The van der Waals surface area contributed by atoms with Gasteiger partial charge in [-0.3, -0.25) is 4.79 Å². The minimum atomic E-state index is -3.78. The first-order chi connectivity index (χ1) is 13.7. The Morgan fingerprint density at radius 1 is 1.17 bits per heavy atom. The minimum absolute atomic E-state index is 0.0398. The Balaban J connectivity index is 2.10. The van der Waals surface area contributed by atoms with Crippen molar-refractivity contribution in [2.45, 2.75) is 18.7 Å². The molecule has 0 saturated carbocycles. The summed E-state index contributed by atoms with van der Waals surface area (Å²) in [6.45, 7) is 6.63. The van der Waals surface area contributed by atoms with Crippen molar-refractivity contribution in [2.24, 2.45) is 0 Å². The standard InChI is InChI=1S/C19H24N4O5S/c1-4-23(5-2)9-8-22(3)29(27,28)12-6-7-15-13(10-12)16-14(19(25)26)11-20-17(16)18(24)21-15/h6-7,10-11,20H,4-5,8-9H2,1-3H3,(H,21,24)(H,25,26). The number of likely N-dealkylation sites (N-methyl/N-ethyl adjacent to an activating group) is 2. The highest BCUT2D eigenvalue weighted by atomic mass is 32.2. The Labute approximate surface area is 168 Å². The number of benzene rings is 1. The van der Waals surface area contributed by atoms with Gasteiger partial charge < -0.3 is 20.0 Å². The van der Waals surface area contributed by atoms with Gasteiger partial charge in [0.05, 0.1) is 10.5 Å². The molecule has 0 aliphatic rings. The normalized spacial score (nSPS) is 12.4. The molecule has 1 aromatic carbocycles. The second-order valence-corrected chi connectivity index (χ2v) is 8.82. The first-order valence-electron chi connectivity index (χ1n) is 9.29. The summed E-state index contributed by atoms with van der Waals surface area (Å²) in [6, 6.07) is 4.32. The van der Waals surface area contributed by atoms with E-state index in [4.69, 9.17) is 0 Å². The first kappa shape index (κ1) is 21.0. The first-order valence-corrected chi connectivity index (χ1v) is 10.7. The molecular weight excluding hydrogens is 396 g/mol. The quantitative estimate of drug-likeness (QED) is 0.509. The number of carboxylic acids is 1. The van der Waals surface area contributed by atoms with Crippen LogP contribution >= 0.6 is 0 Å². The third-order valence-corrected chi connectivity index (χ3v) is 7.03. The van der Waals surface area contributed by atoms with Crippen LogP contribution < -0.4 is 5.56 Å². The smallest absolute Gasteiger partial charge is 0.337 e. The monoisotopic (exact) mass is 420 g/mol. The molecule has 0 radical (unpaired) electrons. The molecule has 0 amide bonds. The Morgan fingerprint density at radius 3 is 2.48 bits per heavy atom. The predicted molar refractivity (Wildman–Crippen MR) is 111 cm³/mol. The third kappa shape index (κ3) is 3.78. The van der Waals surface area contributed by atoms with E-state index in [0.717, 1.165) is 13.1 Å². The van der Waals surface area contributed by atoms with Gasteiger partial charge in [0.2, 0.25) is 10.0 Å². The van der Waals surface area contributed by atoms with Crippen LogP contribution in [0.3, 0.4) is 0 Å². The van der Waals surface area contributed by atoms with Crippen LogP contribution in [0.5, 0.6) is 0 Å². The highest BCUT2D eigenvalue weighted by molar-refractivity contribution is 7.89. The van der Waals surface area contributed by atoms with Crippen LogP contribution in [-0.2, 0) is 10.0 Å². The van der Waals surface area contributed by atoms with Gasteiger partial charge in [0.1, 0.15) is 5.52 Å². The lowest BCUT2D eigenvalue weighted by Crippen LogP contribution is -2.36. The summed E-state index contributed by atoms with van der Waals surface area (Å²) in [4.78, 5) is 31.3. The van der Waals surface area contributed by atoms with Crippen molar-refractivity contribution in [1.29, 1.82) is 0 Å². The van der Waals surface area contributed by atoms with E-state index in [1.54, 1.807) is 0 Å². The molecule has 9 nitrogen and oxygen atoms in total. The topological polar surface area (TPSA) is 127 Å². The van der Waals surface area contributed by atoms with Gasteiger partial charge in [0.25, 0.3) is 5.56 Å². The van der Waals surface area contributed by atoms with Gasteiger partial charge in [-0.1, -0.05) is 13.8 Å². The fraction of sp³-hybridized carbons (Fsp3) is 0.368. The zero-order chi connectivity index (χ0) is 21.3. The van der Waals surface area contributed by atoms with Crippen molar-refractivity contribution >= 4 is 37.8 Å². The largest absolute Gasteiger partial charge is 0.478 e. The van der Waals surface area contributed by atoms with Gasteiger partial charge in [0, 0.05) is 42.6 Å². The average molecular weight is 420 g/mol. The Hall–Kier alpha value is -2.69. The van der Waals surface area contributed by atoms with Crippen molar-refractivity contribution in [3.05, 3.63) is 40.3 Å². The molecule has 3 rings (SSSR count). The number of rotatable bonds is 8. The van der Waals surface area contributed by atoms with Gasteiger partial charge in [-0.2, -0.15) is 4.31 Å². The zero-order valence-corrected chi connectivity index (χ0v) is 17.3. The van der Waals surface area contributed by atoms with E-state index in [1.807, 2.05) is 13.8 Å². The molecule has 0 atom stereocenters. The molecule has 156 valence electrons. The molecule has 2 aromatic heterocycles. The third-order valence-electron chi connectivity index (χ3n) is 5.18. The maximum absolute atomic E-state index is 13.0. The summed E-state index contributed by atoms with van der Waals surface area (Å²) in [6.07, 6.45) is 1.24. The van der Waals surface area contributed by atoms with Crippen molar-refractivity contribution in [3.8, 4) is 0 Å². The number of aromatic nitrogens is 2. The number of nitrogens with zero attached hydrogens (tertiary/aromatic N) is 2. The summed E-state index contributed by atoms with van der Waals surface area (Å²) in [5, 5.41) is 10.00. The number of carboxylic acid groups (broad SMARTS) is 1. The number of sulfonamides is 1. The van der Waals surface area contributed by atoms with Crippen LogP contribution in [0.2, 0.25) is 0 Å². The number of pyridine rings is 1. The Bertz CT molecular complexity index is 1220. The molecule has 3 aromatic rings. The highest BCUT2D eigenvalue weighted by Crippen LogP contribution is 2.27. The van der Waals surface area contributed by atoms with Crippen molar-refractivity contribution in [2.75, 3.05) is 33.2 Å². The number of carbonyl (C=O) groups is 1. The number of hydrogen-bond acceptors (Lipinski definition) is 5. The van der Waals surface area contributed by atoms with E-state index in [-0.39, 0.29) is 21.4 Å². The van der Waals surface area contributed by atoms with Gasteiger partial charge in [0.15, 0.2) is 0 Å². The molecule has 10 heteroatoms. The molecule has 0 bridgehead atoms. The van der Waals surface area contributed by atoms with Crippen LogP contribution in [0.25, 0.3) is 21.8 Å². The predicted octanol–water partition coefficient (Wildman–Crippen LogP) is 1.67. The number of nitrogens with one attached hydrogen (secondary N) is 2. The van der Waals surface area contributed by atoms with Crippen LogP contribution in [0.4, 0.5) is 0 Å². The van der Waals surface area contributed by atoms with Crippen molar-refractivity contribution in [1.82, 2.24) is 19.2 Å². The molecule has 3 N–H and O–H groups in total. The second kappa shape index (κ2) is 7.97. The van der Waals surface area contributed by atoms with E-state index in [0.29, 0.717) is 24.0 Å². The van der Waals surface area contributed by atoms with Crippen molar-refractivity contribution < 1.29 is 18.3 Å².